The fourth-order valence-corrected chi connectivity index (χ4v) is 3.92. The molecule has 0 radical (unpaired) electrons. The van der Waals surface area contributed by atoms with E-state index >= 15 is 0 Å². The molecule has 1 aliphatic rings. The summed E-state index contributed by atoms with van der Waals surface area (Å²) in [5, 5.41) is 3.95. The van der Waals surface area contributed by atoms with Gasteiger partial charge in [0.05, 0.1) is 25.4 Å². The third-order valence-corrected chi connectivity index (χ3v) is 5.64. The number of carbonyl (C=O) groups is 1. The number of rotatable bonds is 4. The van der Waals surface area contributed by atoms with Gasteiger partial charge in [-0.05, 0) is 38.0 Å². The van der Waals surface area contributed by atoms with Crippen molar-refractivity contribution in [3.63, 3.8) is 0 Å². The number of anilines is 1. The SMILES string of the molecule is COc1cc2ncnc(C3CCN(C(=O)Nc4ccc(C)cc4)CC3)c2cc1OC. The number of carbonyl (C=O) groups excluding carboxylic acids is 1. The molecule has 1 aliphatic heterocycles. The number of aromatic nitrogens is 2. The van der Waals surface area contributed by atoms with Gasteiger partial charge < -0.3 is 19.7 Å². The number of amides is 2. The zero-order valence-corrected chi connectivity index (χ0v) is 17.5. The van der Waals surface area contributed by atoms with E-state index < -0.39 is 0 Å². The van der Waals surface area contributed by atoms with Crippen LogP contribution in [0.2, 0.25) is 0 Å². The molecule has 2 amide bonds. The Hall–Kier alpha value is -3.35. The van der Waals surface area contributed by atoms with Crippen LogP contribution in [-0.2, 0) is 0 Å². The standard InChI is InChI=1S/C23H26N4O3/c1-15-4-6-17(7-5-15)26-23(28)27-10-8-16(9-11-27)22-18-12-20(29-2)21(30-3)13-19(18)24-14-25-22/h4-7,12-14,16H,8-11H2,1-3H3,(H,26,28). The van der Waals surface area contributed by atoms with E-state index in [0.717, 1.165) is 35.1 Å². The highest BCUT2D eigenvalue weighted by molar-refractivity contribution is 5.89. The van der Waals surface area contributed by atoms with E-state index in [1.54, 1.807) is 20.5 Å². The van der Waals surface area contributed by atoms with Gasteiger partial charge in [0.1, 0.15) is 6.33 Å². The van der Waals surface area contributed by atoms with Crippen LogP contribution >= 0.6 is 0 Å². The molecule has 7 nitrogen and oxygen atoms in total. The molecule has 1 fully saturated rings. The first-order valence-electron chi connectivity index (χ1n) is 10.1. The highest BCUT2D eigenvalue weighted by Gasteiger charge is 2.26. The van der Waals surface area contributed by atoms with E-state index in [9.17, 15) is 4.79 Å². The summed E-state index contributed by atoms with van der Waals surface area (Å²) >= 11 is 0. The van der Waals surface area contributed by atoms with Crippen molar-refractivity contribution in [2.75, 3.05) is 32.6 Å². The molecule has 30 heavy (non-hydrogen) atoms. The van der Waals surface area contributed by atoms with Crippen LogP contribution in [0.25, 0.3) is 10.9 Å². The second-order valence-corrected chi connectivity index (χ2v) is 7.54. The van der Waals surface area contributed by atoms with E-state index in [4.69, 9.17) is 9.47 Å². The largest absolute Gasteiger partial charge is 0.493 e. The van der Waals surface area contributed by atoms with Crippen LogP contribution in [0.3, 0.4) is 0 Å². The van der Waals surface area contributed by atoms with E-state index in [0.29, 0.717) is 24.6 Å². The number of nitrogens with one attached hydrogen (secondary N) is 1. The number of nitrogens with zero attached hydrogens (tertiary/aromatic N) is 3. The summed E-state index contributed by atoms with van der Waals surface area (Å²) in [7, 11) is 3.24. The quantitative estimate of drug-likeness (QED) is 0.696. The first-order chi connectivity index (χ1) is 14.6. The molecule has 0 atom stereocenters. The maximum Gasteiger partial charge on any atom is 0.321 e. The number of benzene rings is 2. The highest BCUT2D eigenvalue weighted by Crippen LogP contribution is 2.36. The van der Waals surface area contributed by atoms with Crippen molar-refractivity contribution in [2.45, 2.75) is 25.7 Å². The summed E-state index contributed by atoms with van der Waals surface area (Å²) in [6.07, 6.45) is 3.30. The molecule has 156 valence electrons. The van der Waals surface area contributed by atoms with E-state index in [1.165, 1.54) is 5.56 Å². The summed E-state index contributed by atoms with van der Waals surface area (Å²) in [4.78, 5) is 23.5. The molecule has 0 spiro atoms. The Morgan fingerprint density at radius 2 is 1.70 bits per heavy atom. The third-order valence-electron chi connectivity index (χ3n) is 5.64. The zero-order chi connectivity index (χ0) is 21.1. The average molecular weight is 406 g/mol. The molecule has 1 saturated heterocycles. The number of piperidine rings is 1. The predicted molar refractivity (Wildman–Crippen MR) is 116 cm³/mol. The second-order valence-electron chi connectivity index (χ2n) is 7.54. The summed E-state index contributed by atoms with van der Waals surface area (Å²) in [5.74, 6) is 1.57. The van der Waals surface area contributed by atoms with Gasteiger partial charge in [-0.25, -0.2) is 14.8 Å². The fraction of sp³-hybridized carbons (Fsp3) is 0.348. The smallest absolute Gasteiger partial charge is 0.321 e. The van der Waals surface area contributed by atoms with Gasteiger partial charge in [0.2, 0.25) is 0 Å². The highest BCUT2D eigenvalue weighted by atomic mass is 16.5. The number of urea groups is 1. The van der Waals surface area contributed by atoms with Gasteiger partial charge in [-0.2, -0.15) is 0 Å². The molecule has 1 aromatic heterocycles. The fourth-order valence-electron chi connectivity index (χ4n) is 3.92. The minimum Gasteiger partial charge on any atom is -0.493 e. The van der Waals surface area contributed by atoms with Crippen LogP contribution in [0, 0.1) is 6.92 Å². The van der Waals surface area contributed by atoms with Gasteiger partial charge in [0, 0.05) is 36.1 Å². The van der Waals surface area contributed by atoms with Crippen LogP contribution < -0.4 is 14.8 Å². The van der Waals surface area contributed by atoms with Crippen LogP contribution in [0.5, 0.6) is 11.5 Å². The summed E-state index contributed by atoms with van der Waals surface area (Å²) in [6.45, 7) is 3.39. The van der Waals surface area contributed by atoms with Crippen molar-refractivity contribution in [2.24, 2.45) is 0 Å². The maximum absolute atomic E-state index is 12.6. The first kappa shape index (κ1) is 19.9. The van der Waals surface area contributed by atoms with Crippen LogP contribution in [0.4, 0.5) is 10.5 Å². The Balaban J connectivity index is 1.48. The zero-order valence-electron chi connectivity index (χ0n) is 17.5. The van der Waals surface area contributed by atoms with Crippen molar-refractivity contribution < 1.29 is 14.3 Å². The van der Waals surface area contributed by atoms with E-state index in [1.807, 2.05) is 48.2 Å². The topological polar surface area (TPSA) is 76.6 Å². The molecular weight excluding hydrogens is 380 g/mol. The number of hydrogen-bond donors (Lipinski definition) is 1. The van der Waals surface area contributed by atoms with Crippen LogP contribution in [0.15, 0.2) is 42.7 Å². The van der Waals surface area contributed by atoms with Crippen molar-refractivity contribution in [3.05, 3.63) is 54.0 Å². The van der Waals surface area contributed by atoms with Gasteiger partial charge in [0.25, 0.3) is 0 Å². The molecule has 3 aromatic rings. The Morgan fingerprint density at radius 1 is 1.03 bits per heavy atom. The predicted octanol–water partition coefficient (Wildman–Crippen LogP) is 4.37. The molecule has 7 heteroatoms. The van der Waals surface area contributed by atoms with E-state index in [2.05, 4.69) is 15.3 Å². The molecule has 2 heterocycles. The van der Waals surface area contributed by atoms with Gasteiger partial charge in [0.15, 0.2) is 11.5 Å². The minimum absolute atomic E-state index is 0.0590. The lowest BCUT2D eigenvalue weighted by Crippen LogP contribution is -2.40. The number of hydrogen-bond acceptors (Lipinski definition) is 5. The number of aryl methyl sites for hydroxylation is 1. The van der Waals surface area contributed by atoms with Crippen molar-refractivity contribution in [1.29, 1.82) is 0 Å². The third kappa shape index (κ3) is 4.01. The van der Waals surface area contributed by atoms with Gasteiger partial charge in [-0.3, -0.25) is 0 Å². The molecule has 0 bridgehead atoms. The Bertz CT molecular complexity index is 1040. The summed E-state index contributed by atoms with van der Waals surface area (Å²) in [6, 6.07) is 11.6. The molecular formula is C23H26N4O3. The Morgan fingerprint density at radius 3 is 2.37 bits per heavy atom. The number of ether oxygens (including phenoxy) is 2. The van der Waals surface area contributed by atoms with E-state index in [-0.39, 0.29) is 11.9 Å². The number of methoxy groups -OCH3 is 2. The normalized spacial score (nSPS) is 14.6. The molecule has 2 aromatic carbocycles. The molecule has 0 aliphatic carbocycles. The monoisotopic (exact) mass is 406 g/mol. The minimum atomic E-state index is -0.0590. The summed E-state index contributed by atoms with van der Waals surface area (Å²) < 4.78 is 10.8. The second kappa shape index (κ2) is 8.57. The first-order valence-corrected chi connectivity index (χ1v) is 10.1. The Labute approximate surface area is 176 Å². The lowest BCUT2D eigenvalue weighted by molar-refractivity contribution is 0.194. The van der Waals surface area contributed by atoms with Crippen LogP contribution in [-0.4, -0.2) is 48.2 Å². The van der Waals surface area contributed by atoms with Crippen molar-refractivity contribution in [1.82, 2.24) is 14.9 Å². The van der Waals surface area contributed by atoms with Gasteiger partial charge >= 0.3 is 6.03 Å². The lowest BCUT2D eigenvalue weighted by Gasteiger charge is -2.32. The Kier molecular flexibility index (Phi) is 5.70. The number of fused-ring (bicyclic) bond motifs is 1. The summed E-state index contributed by atoms with van der Waals surface area (Å²) in [5.41, 5.74) is 3.81. The average Bonchev–Trinajstić information content (AvgIpc) is 2.79. The van der Waals surface area contributed by atoms with Crippen molar-refractivity contribution in [3.8, 4) is 11.5 Å². The maximum atomic E-state index is 12.6. The van der Waals surface area contributed by atoms with Crippen LogP contribution in [0.1, 0.15) is 30.0 Å². The molecule has 1 N–H and O–H groups in total. The lowest BCUT2D eigenvalue weighted by atomic mass is 9.91. The van der Waals surface area contributed by atoms with Gasteiger partial charge in [-0.1, -0.05) is 17.7 Å². The van der Waals surface area contributed by atoms with Gasteiger partial charge in [-0.15, -0.1) is 0 Å². The van der Waals surface area contributed by atoms with Crippen molar-refractivity contribution >= 4 is 22.6 Å². The molecule has 4 rings (SSSR count). The molecule has 0 saturated carbocycles. The molecule has 0 unspecified atom stereocenters. The number of likely N-dealkylation sites (tertiary alicyclic amines) is 1.